The smallest absolute Gasteiger partial charge is 0.251 e. The number of benzene rings is 1. The monoisotopic (exact) mass is 256 g/mol. The predicted molar refractivity (Wildman–Crippen MR) is 69.9 cm³/mol. The lowest BCUT2D eigenvalue weighted by Gasteiger charge is -2.12. The van der Waals surface area contributed by atoms with Gasteiger partial charge in [0.15, 0.2) is 0 Å². The molecule has 0 aromatic heterocycles. The van der Waals surface area contributed by atoms with Crippen LogP contribution in [0.2, 0.25) is 5.02 Å². The molecule has 1 rings (SSSR count). The highest BCUT2D eigenvalue weighted by Crippen LogP contribution is 2.16. The molecule has 3 nitrogen and oxygen atoms in total. The van der Waals surface area contributed by atoms with Crippen LogP contribution >= 0.6 is 23.8 Å². The normalized spacial score (nSPS) is 11.9. The summed E-state index contributed by atoms with van der Waals surface area (Å²) in [4.78, 5) is 12.0. The van der Waals surface area contributed by atoms with E-state index in [9.17, 15) is 4.79 Å². The van der Waals surface area contributed by atoms with E-state index < -0.39 is 0 Å². The number of nitrogens with one attached hydrogen (secondary N) is 1. The average molecular weight is 257 g/mol. The Morgan fingerprint density at radius 3 is 2.69 bits per heavy atom. The molecule has 0 spiro atoms. The molecule has 5 heteroatoms. The molecule has 1 amide bonds. The number of carbonyl (C=O) groups excluding carboxylic acids is 1. The number of carbonyl (C=O) groups is 1. The van der Waals surface area contributed by atoms with Crippen molar-refractivity contribution < 1.29 is 4.79 Å². The molecule has 1 aromatic rings. The Kier molecular flexibility index (Phi) is 4.26. The lowest BCUT2D eigenvalue weighted by atomic mass is 10.1. The molecule has 1 atom stereocenters. The molecule has 0 aliphatic carbocycles. The van der Waals surface area contributed by atoms with Crippen LogP contribution in [-0.4, -0.2) is 16.9 Å². The van der Waals surface area contributed by atoms with Crippen LogP contribution in [0.25, 0.3) is 0 Å². The Morgan fingerprint density at radius 2 is 2.19 bits per heavy atom. The molecule has 0 aliphatic rings. The van der Waals surface area contributed by atoms with Gasteiger partial charge in [0.25, 0.3) is 5.91 Å². The third-order valence-electron chi connectivity index (χ3n) is 2.19. The van der Waals surface area contributed by atoms with Crippen molar-refractivity contribution >= 4 is 34.7 Å². The second-order valence-corrected chi connectivity index (χ2v) is 4.44. The van der Waals surface area contributed by atoms with Crippen LogP contribution in [0, 0.1) is 6.92 Å². The first-order valence-corrected chi connectivity index (χ1v) is 5.56. The minimum atomic E-state index is -0.321. The molecule has 16 heavy (non-hydrogen) atoms. The van der Waals surface area contributed by atoms with Gasteiger partial charge < -0.3 is 11.1 Å². The zero-order valence-electron chi connectivity index (χ0n) is 9.08. The first-order valence-electron chi connectivity index (χ1n) is 4.78. The molecule has 0 saturated heterocycles. The van der Waals surface area contributed by atoms with Crippen LogP contribution in [0.5, 0.6) is 0 Å². The van der Waals surface area contributed by atoms with Gasteiger partial charge in [0.2, 0.25) is 0 Å². The fourth-order valence-electron chi connectivity index (χ4n) is 1.14. The molecular weight excluding hydrogens is 244 g/mol. The first-order chi connectivity index (χ1) is 7.41. The van der Waals surface area contributed by atoms with E-state index in [1.54, 1.807) is 25.1 Å². The van der Waals surface area contributed by atoms with Crippen molar-refractivity contribution in [3.05, 3.63) is 34.3 Å². The van der Waals surface area contributed by atoms with Crippen LogP contribution in [-0.2, 0) is 0 Å². The number of hydrogen-bond acceptors (Lipinski definition) is 2. The lowest BCUT2D eigenvalue weighted by Crippen LogP contribution is -2.41. The van der Waals surface area contributed by atoms with Crippen LogP contribution in [0.3, 0.4) is 0 Å². The number of thiocarbonyl (C=S) groups is 1. The fourth-order valence-corrected chi connectivity index (χ4v) is 1.31. The summed E-state index contributed by atoms with van der Waals surface area (Å²) in [7, 11) is 0. The van der Waals surface area contributed by atoms with E-state index >= 15 is 0 Å². The second kappa shape index (κ2) is 5.27. The van der Waals surface area contributed by atoms with Crippen molar-refractivity contribution in [3.63, 3.8) is 0 Å². The number of rotatable bonds is 3. The molecule has 0 fully saturated rings. The van der Waals surface area contributed by atoms with Gasteiger partial charge in [0.1, 0.15) is 0 Å². The zero-order valence-corrected chi connectivity index (χ0v) is 10.7. The molecule has 0 radical (unpaired) electrons. The average Bonchev–Trinajstić information content (AvgIpc) is 2.21. The molecule has 0 saturated carbocycles. The minimum Gasteiger partial charge on any atom is -0.392 e. The molecule has 86 valence electrons. The number of halogens is 1. The summed E-state index contributed by atoms with van der Waals surface area (Å²) in [5.74, 6) is -0.208. The highest BCUT2D eigenvalue weighted by atomic mass is 35.5. The number of aryl methyl sites for hydroxylation is 1. The van der Waals surface area contributed by atoms with Crippen LogP contribution < -0.4 is 11.1 Å². The first kappa shape index (κ1) is 12.9. The summed E-state index contributed by atoms with van der Waals surface area (Å²) < 4.78 is 0. The largest absolute Gasteiger partial charge is 0.392 e. The maximum absolute atomic E-state index is 11.8. The highest BCUT2D eigenvalue weighted by Gasteiger charge is 2.11. The van der Waals surface area contributed by atoms with E-state index in [4.69, 9.17) is 29.6 Å². The standard InChI is InChI=1S/C11H13ClN2OS/c1-6-5-8(3-4-9(6)12)11(15)14-7(2)10(13)16/h3-5,7H,1-2H3,(H2,13,16)(H,14,15). The summed E-state index contributed by atoms with van der Waals surface area (Å²) in [6, 6.07) is 4.76. The van der Waals surface area contributed by atoms with E-state index in [1.807, 2.05) is 6.92 Å². The van der Waals surface area contributed by atoms with Crippen molar-refractivity contribution in [2.45, 2.75) is 19.9 Å². The highest BCUT2D eigenvalue weighted by molar-refractivity contribution is 7.80. The molecule has 0 aliphatic heterocycles. The second-order valence-electron chi connectivity index (χ2n) is 3.56. The third-order valence-corrected chi connectivity index (χ3v) is 2.97. The van der Waals surface area contributed by atoms with Crippen molar-refractivity contribution in [2.75, 3.05) is 0 Å². The topological polar surface area (TPSA) is 55.1 Å². The quantitative estimate of drug-likeness (QED) is 0.814. The van der Waals surface area contributed by atoms with Crippen LogP contribution in [0.1, 0.15) is 22.8 Å². The van der Waals surface area contributed by atoms with Crippen molar-refractivity contribution in [3.8, 4) is 0 Å². The number of amides is 1. The number of hydrogen-bond donors (Lipinski definition) is 2. The van der Waals surface area contributed by atoms with Crippen molar-refractivity contribution in [1.82, 2.24) is 5.32 Å². The van der Waals surface area contributed by atoms with Crippen LogP contribution in [0.4, 0.5) is 0 Å². The molecule has 1 aromatic carbocycles. The van der Waals surface area contributed by atoms with Gasteiger partial charge in [-0.15, -0.1) is 0 Å². The van der Waals surface area contributed by atoms with E-state index in [0.717, 1.165) is 5.56 Å². The van der Waals surface area contributed by atoms with Crippen molar-refractivity contribution in [1.29, 1.82) is 0 Å². The number of nitrogens with two attached hydrogens (primary N) is 1. The summed E-state index contributed by atoms with van der Waals surface area (Å²) in [5.41, 5.74) is 6.82. The molecule has 0 heterocycles. The predicted octanol–water partition coefficient (Wildman–Crippen LogP) is 2.05. The van der Waals surface area contributed by atoms with Gasteiger partial charge in [-0.05, 0) is 37.6 Å². The van der Waals surface area contributed by atoms with Gasteiger partial charge >= 0.3 is 0 Å². The Labute approximate surface area is 105 Å². The van der Waals surface area contributed by atoms with E-state index in [0.29, 0.717) is 10.6 Å². The summed E-state index contributed by atoms with van der Waals surface area (Å²) in [5, 5.41) is 3.33. The van der Waals surface area contributed by atoms with Gasteiger partial charge in [-0.3, -0.25) is 4.79 Å². The van der Waals surface area contributed by atoms with E-state index in [-0.39, 0.29) is 16.9 Å². The lowest BCUT2D eigenvalue weighted by molar-refractivity contribution is 0.0949. The molecule has 1 unspecified atom stereocenters. The van der Waals surface area contributed by atoms with Gasteiger partial charge in [-0.2, -0.15) is 0 Å². The molecular formula is C11H13ClN2OS. The maximum atomic E-state index is 11.8. The summed E-state index contributed by atoms with van der Waals surface area (Å²) in [6.45, 7) is 3.58. The Bertz CT molecular complexity index is 434. The third kappa shape index (κ3) is 3.18. The summed E-state index contributed by atoms with van der Waals surface area (Å²) in [6.07, 6.45) is 0. The Morgan fingerprint density at radius 1 is 1.56 bits per heavy atom. The molecule has 3 N–H and O–H groups in total. The van der Waals surface area contributed by atoms with Gasteiger partial charge in [0.05, 0.1) is 11.0 Å². The van der Waals surface area contributed by atoms with Crippen LogP contribution in [0.15, 0.2) is 18.2 Å². The van der Waals surface area contributed by atoms with Gasteiger partial charge in [0, 0.05) is 10.6 Å². The zero-order chi connectivity index (χ0) is 12.3. The SMILES string of the molecule is Cc1cc(C(=O)NC(C)C(N)=S)ccc1Cl. The Hall–Kier alpha value is -1.13. The van der Waals surface area contributed by atoms with Crippen molar-refractivity contribution in [2.24, 2.45) is 5.73 Å². The minimum absolute atomic E-state index is 0.208. The maximum Gasteiger partial charge on any atom is 0.251 e. The van der Waals surface area contributed by atoms with E-state index in [1.165, 1.54) is 0 Å². The van der Waals surface area contributed by atoms with Gasteiger partial charge in [-0.25, -0.2) is 0 Å². The molecule has 0 bridgehead atoms. The fraction of sp³-hybridized carbons (Fsp3) is 0.273. The van der Waals surface area contributed by atoms with Gasteiger partial charge in [-0.1, -0.05) is 23.8 Å². The van der Waals surface area contributed by atoms with E-state index in [2.05, 4.69) is 5.32 Å². The Balaban J connectivity index is 2.81. The summed E-state index contributed by atoms with van der Waals surface area (Å²) >= 11 is 10.6.